The number of hydrogen-bond acceptors (Lipinski definition) is 5. The number of benzene rings is 1. The quantitative estimate of drug-likeness (QED) is 0.747. The predicted octanol–water partition coefficient (Wildman–Crippen LogP) is 3.22. The average Bonchev–Trinajstić information content (AvgIpc) is 3.28. The molecule has 124 valence electrons. The molecule has 3 aromatic rings. The maximum Gasteiger partial charge on any atom is 0.273 e. The van der Waals surface area contributed by atoms with Crippen molar-refractivity contribution in [1.29, 1.82) is 0 Å². The lowest BCUT2D eigenvalue weighted by atomic mass is 10.2. The summed E-state index contributed by atoms with van der Waals surface area (Å²) < 4.78 is 6.98. The van der Waals surface area contributed by atoms with Crippen LogP contribution in [0.5, 0.6) is 5.75 Å². The van der Waals surface area contributed by atoms with Crippen molar-refractivity contribution in [3.63, 3.8) is 0 Å². The number of nitrogens with one attached hydrogen (secondary N) is 1. The number of amides is 1. The lowest BCUT2D eigenvalue weighted by molar-refractivity contribution is 0.0935. The number of ether oxygens (including phenoxy) is 1. The summed E-state index contributed by atoms with van der Waals surface area (Å²) in [4.78, 5) is 13.4. The summed E-state index contributed by atoms with van der Waals surface area (Å²) in [6, 6.07) is 11.4. The van der Waals surface area contributed by atoms with Gasteiger partial charge in [0.1, 0.15) is 5.75 Å². The second kappa shape index (κ2) is 7.27. The SMILES string of the molecule is CCOc1ccc(-n2cc(C(=O)N[C@@H](C)c3cccs3)nn2)cc1. The van der Waals surface area contributed by atoms with Gasteiger partial charge >= 0.3 is 0 Å². The molecular formula is C17H18N4O2S. The Morgan fingerprint density at radius 1 is 1.33 bits per heavy atom. The van der Waals surface area contributed by atoms with E-state index in [1.807, 2.05) is 55.6 Å². The molecule has 0 bridgehead atoms. The number of rotatable bonds is 6. The Balaban J connectivity index is 1.69. The Morgan fingerprint density at radius 2 is 2.12 bits per heavy atom. The molecule has 1 aromatic carbocycles. The first-order valence-electron chi connectivity index (χ1n) is 7.67. The summed E-state index contributed by atoms with van der Waals surface area (Å²) in [6.07, 6.45) is 1.62. The van der Waals surface area contributed by atoms with Crippen LogP contribution in [0.1, 0.15) is 35.3 Å². The number of aromatic nitrogens is 3. The molecule has 24 heavy (non-hydrogen) atoms. The second-order valence-corrected chi connectivity index (χ2v) is 6.17. The highest BCUT2D eigenvalue weighted by molar-refractivity contribution is 7.10. The highest BCUT2D eigenvalue weighted by Crippen LogP contribution is 2.19. The second-order valence-electron chi connectivity index (χ2n) is 5.19. The van der Waals surface area contributed by atoms with Crippen LogP contribution in [0.2, 0.25) is 0 Å². The van der Waals surface area contributed by atoms with Crippen LogP contribution in [-0.2, 0) is 0 Å². The molecule has 1 N–H and O–H groups in total. The minimum absolute atomic E-state index is 0.0619. The Morgan fingerprint density at radius 3 is 2.79 bits per heavy atom. The van der Waals surface area contributed by atoms with E-state index >= 15 is 0 Å². The first-order chi connectivity index (χ1) is 11.7. The fourth-order valence-electron chi connectivity index (χ4n) is 2.24. The van der Waals surface area contributed by atoms with Gasteiger partial charge in [-0.05, 0) is 49.6 Å². The van der Waals surface area contributed by atoms with E-state index in [4.69, 9.17) is 4.74 Å². The van der Waals surface area contributed by atoms with Gasteiger partial charge in [0, 0.05) is 4.88 Å². The molecule has 2 heterocycles. The molecule has 0 aliphatic heterocycles. The number of carbonyl (C=O) groups excluding carboxylic acids is 1. The molecule has 0 radical (unpaired) electrons. The summed E-state index contributed by atoms with van der Waals surface area (Å²) >= 11 is 1.61. The standard InChI is InChI=1S/C17H18N4O2S/c1-3-23-14-8-6-13(7-9-14)21-11-15(19-20-21)17(22)18-12(2)16-5-4-10-24-16/h4-12H,3H2,1-2H3,(H,18,22)/t12-/m0/s1. The zero-order chi connectivity index (χ0) is 16.9. The van der Waals surface area contributed by atoms with Crippen LogP contribution in [-0.4, -0.2) is 27.5 Å². The Kier molecular flexibility index (Phi) is 4.90. The normalized spacial score (nSPS) is 11.9. The molecule has 0 fully saturated rings. The Bertz CT molecular complexity index is 796. The summed E-state index contributed by atoms with van der Waals surface area (Å²) in [5.41, 5.74) is 1.10. The van der Waals surface area contributed by atoms with E-state index in [1.165, 1.54) is 0 Å². The van der Waals surface area contributed by atoms with Crippen molar-refractivity contribution in [2.45, 2.75) is 19.9 Å². The molecule has 6 nitrogen and oxygen atoms in total. The van der Waals surface area contributed by atoms with Crippen molar-refractivity contribution in [1.82, 2.24) is 20.3 Å². The van der Waals surface area contributed by atoms with Gasteiger partial charge in [-0.25, -0.2) is 4.68 Å². The number of thiophene rings is 1. The Hall–Kier alpha value is -2.67. The minimum Gasteiger partial charge on any atom is -0.494 e. The van der Waals surface area contributed by atoms with Gasteiger partial charge in [0.15, 0.2) is 5.69 Å². The van der Waals surface area contributed by atoms with Crippen molar-refractivity contribution in [3.8, 4) is 11.4 Å². The topological polar surface area (TPSA) is 69.0 Å². The highest BCUT2D eigenvalue weighted by Gasteiger charge is 2.15. The van der Waals surface area contributed by atoms with Gasteiger partial charge < -0.3 is 10.1 Å². The summed E-state index contributed by atoms with van der Waals surface area (Å²) in [6.45, 7) is 4.50. The molecule has 1 amide bonds. The zero-order valence-electron chi connectivity index (χ0n) is 13.5. The molecule has 0 aliphatic rings. The number of carbonyl (C=O) groups is 1. The molecule has 2 aromatic heterocycles. The van der Waals surface area contributed by atoms with Gasteiger partial charge in [-0.1, -0.05) is 11.3 Å². The van der Waals surface area contributed by atoms with E-state index < -0.39 is 0 Å². The molecule has 1 atom stereocenters. The lowest BCUT2D eigenvalue weighted by Gasteiger charge is -2.10. The van der Waals surface area contributed by atoms with Crippen molar-refractivity contribution in [2.24, 2.45) is 0 Å². The number of nitrogens with zero attached hydrogens (tertiary/aromatic N) is 3. The van der Waals surface area contributed by atoms with Crippen LogP contribution in [0.15, 0.2) is 48.0 Å². The van der Waals surface area contributed by atoms with Crippen LogP contribution >= 0.6 is 11.3 Å². The van der Waals surface area contributed by atoms with E-state index in [-0.39, 0.29) is 17.6 Å². The molecule has 0 saturated heterocycles. The van der Waals surface area contributed by atoms with Gasteiger partial charge in [0.25, 0.3) is 5.91 Å². The first kappa shape index (κ1) is 16.2. The van der Waals surface area contributed by atoms with Gasteiger partial charge in [-0.15, -0.1) is 16.4 Å². The van der Waals surface area contributed by atoms with Crippen LogP contribution < -0.4 is 10.1 Å². The summed E-state index contributed by atoms with van der Waals surface area (Å²) in [7, 11) is 0. The fraction of sp³-hybridized carbons (Fsp3) is 0.235. The summed E-state index contributed by atoms with van der Waals surface area (Å²) in [5, 5.41) is 12.9. The molecule has 3 rings (SSSR count). The third-order valence-corrected chi connectivity index (χ3v) is 4.51. The fourth-order valence-corrected chi connectivity index (χ4v) is 2.97. The van der Waals surface area contributed by atoms with Crippen LogP contribution in [0.4, 0.5) is 0 Å². The van der Waals surface area contributed by atoms with Crippen molar-refractivity contribution >= 4 is 17.2 Å². The third-order valence-electron chi connectivity index (χ3n) is 3.46. The molecule has 0 saturated carbocycles. The molecule has 0 spiro atoms. The van der Waals surface area contributed by atoms with Gasteiger partial charge in [-0.2, -0.15) is 0 Å². The van der Waals surface area contributed by atoms with Crippen LogP contribution in [0.3, 0.4) is 0 Å². The van der Waals surface area contributed by atoms with E-state index in [0.717, 1.165) is 16.3 Å². The largest absolute Gasteiger partial charge is 0.494 e. The number of hydrogen-bond donors (Lipinski definition) is 1. The summed E-state index contributed by atoms with van der Waals surface area (Å²) in [5.74, 6) is 0.553. The van der Waals surface area contributed by atoms with Crippen molar-refractivity contribution < 1.29 is 9.53 Å². The predicted molar refractivity (Wildman–Crippen MR) is 92.7 cm³/mol. The molecule has 7 heteroatoms. The maximum absolute atomic E-state index is 12.3. The van der Waals surface area contributed by atoms with Crippen molar-refractivity contribution in [2.75, 3.05) is 6.61 Å². The van der Waals surface area contributed by atoms with Crippen LogP contribution in [0, 0.1) is 0 Å². The molecular weight excluding hydrogens is 324 g/mol. The van der Waals surface area contributed by atoms with Crippen LogP contribution in [0.25, 0.3) is 5.69 Å². The smallest absolute Gasteiger partial charge is 0.273 e. The maximum atomic E-state index is 12.3. The van der Waals surface area contributed by atoms with Crippen molar-refractivity contribution in [3.05, 3.63) is 58.5 Å². The monoisotopic (exact) mass is 342 g/mol. The first-order valence-corrected chi connectivity index (χ1v) is 8.55. The van der Waals surface area contributed by atoms with E-state index in [1.54, 1.807) is 22.2 Å². The lowest BCUT2D eigenvalue weighted by Crippen LogP contribution is -2.26. The Labute approximate surface area is 144 Å². The van der Waals surface area contributed by atoms with Gasteiger partial charge in [0.05, 0.1) is 24.5 Å². The third kappa shape index (κ3) is 3.62. The van der Waals surface area contributed by atoms with Gasteiger partial charge in [-0.3, -0.25) is 4.79 Å². The van der Waals surface area contributed by atoms with E-state index in [0.29, 0.717) is 6.61 Å². The average molecular weight is 342 g/mol. The molecule has 0 aliphatic carbocycles. The minimum atomic E-state index is -0.243. The van der Waals surface area contributed by atoms with E-state index in [2.05, 4.69) is 15.6 Å². The highest BCUT2D eigenvalue weighted by atomic mass is 32.1. The zero-order valence-corrected chi connectivity index (χ0v) is 14.3. The van der Waals surface area contributed by atoms with Gasteiger partial charge in [0.2, 0.25) is 0 Å². The molecule has 0 unspecified atom stereocenters. The van der Waals surface area contributed by atoms with E-state index in [9.17, 15) is 4.79 Å².